The first-order valence-corrected chi connectivity index (χ1v) is 8.51. The van der Waals surface area contributed by atoms with Crippen molar-refractivity contribution in [2.75, 3.05) is 11.9 Å². The van der Waals surface area contributed by atoms with Crippen LogP contribution in [0, 0.1) is 0 Å². The Morgan fingerprint density at radius 1 is 0.741 bits per heavy atom. The van der Waals surface area contributed by atoms with Gasteiger partial charge < -0.3 is 14.8 Å². The summed E-state index contributed by atoms with van der Waals surface area (Å²) in [5.41, 5.74) is 1.44. The number of ether oxygens (including phenoxy) is 2. The highest BCUT2D eigenvalue weighted by atomic mass is 16.5. The lowest BCUT2D eigenvalue weighted by Crippen LogP contribution is -2.21. The van der Waals surface area contributed by atoms with Crippen LogP contribution in [0.5, 0.6) is 11.5 Å². The van der Waals surface area contributed by atoms with E-state index >= 15 is 0 Å². The van der Waals surface area contributed by atoms with Gasteiger partial charge in [0.2, 0.25) is 0 Å². The average molecular weight is 361 g/mol. The molecule has 5 heteroatoms. The third kappa shape index (κ3) is 6.01. The monoisotopic (exact) mass is 361 g/mol. The number of amides is 1. The van der Waals surface area contributed by atoms with Crippen LogP contribution >= 0.6 is 0 Å². The van der Waals surface area contributed by atoms with E-state index in [0.29, 0.717) is 11.4 Å². The van der Waals surface area contributed by atoms with Crippen molar-refractivity contribution in [3.05, 3.63) is 90.5 Å². The number of rotatable bonds is 7. The van der Waals surface area contributed by atoms with Gasteiger partial charge in [0.15, 0.2) is 6.61 Å². The van der Waals surface area contributed by atoms with Crippen LogP contribution in [0.25, 0.3) is 0 Å². The van der Waals surface area contributed by atoms with Crippen LogP contribution in [0.15, 0.2) is 84.9 Å². The van der Waals surface area contributed by atoms with Crippen LogP contribution in [-0.4, -0.2) is 18.5 Å². The summed E-state index contributed by atoms with van der Waals surface area (Å²) in [6.07, 6.45) is 0.139. The van der Waals surface area contributed by atoms with Crippen LogP contribution in [0.3, 0.4) is 0 Å². The van der Waals surface area contributed by atoms with E-state index in [0.717, 1.165) is 11.3 Å². The Morgan fingerprint density at radius 3 is 2.00 bits per heavy atom. The Kier molecular flexibility index (Phi) is 6.20. The minimum atomic E-state index is -0.442. The van der Waals surface area contributed by atoms with Crippen LogP contribution in [0.1, 0.15) is 5.56 Å². The van der Waals surface area contributed by atoms with Gasteiger partial charge in [-0.1, -0.05) is 48.5 Å². The Labute approximate surface area is 157 Å². The summed E-state index contributed by atoms with van der Waals surface area (Å²) in [7, 11) is 0. The zero-order valence-corrected chi connectivity index (χ0v) is 14.6. The van der Waals surface area contributed by atoms with E-state index in [9.17, 15) is 9.59 Å². The van der Waals surface area contributed by atoms with Crippen LogP contribution in [-0.2, 0) is 20.7 Å². The van der Waals surface area contributed by atoms with Crippen LogP contribution < -0.4 is 10.1 Å². The highest BCUT2D eigenvalue weighted by Gasteiger charge is 2.09. The van der Waals surface area contributed by atoms with Gasteiger partial charge in [-0.2, -0.15) is 0 Å². The van der Waals surface area contributed by atoms with Crippen molar-refractivity contribution in [2.24, 2.45) is 0 Å². The Bertz CT molecular complexity index is 877. The number of carbonyl (C=O) groups excluding carboxylic acids is 2. The van der Waals surface area contributed by atoms with Crippen LogP contribution in [0.2, 0.25) is 0 Å². The maximum absolute atomic E-state index is 11.9. The molecule has 0 atom stereocenters. The quantitative estimate of drug-likeness (QED) is 0.641. The SMILES string of the molecule is O=C(COC(=O)Cc1ccccc1)Nc1ccc(Oc2ccccc2)cc1. The maximum Gasteiger partial charge on any atom is 0.310 e. The molecule has 3 aromatic carbocycles. The number of benzene rings is 3. The fourth-order valence-electron chi connectivity index (χ4n) is 2.39. The second-order valence-corrected chi connectivity index (χ2v) is 5.81. The smallest absolute Gasteiger partial charge is 0.310 e. The standard InChI is InChI=1S/C22H19NO4/c24-21(16-26-22(25)15-17-7-3-1-4-8-17)23-18-11-13-20(14-12-18)27-19-9-5-2-6-10-19/h1-14H,15-16H2,(H,23,24). The molecule has 3 aromatic rings. The number of hydrogen-bond acceptors (Lipinski definition) is 4. The zero-order chi connectivity index (χ0) is 18.9. The second kappa shape index (κ2) is 9.20. The van der Waals surface area contributed by atoms with Gasteiger partial charge in [0.1, 0.15) is 11.5 Å². The highest BCUT2D eigenvalue weighted by Crippen LogP contribution is 2.22. The van der Waals surface area contributed by atoms with Gasteiger partial charge in [-0.3, -0.25) is 9.59 Å². The van der Waals surface area contributed by atoms with E-state index < -0.39 is 11.9 Å². The molecule has 5 nitrogen and oxygen atoms in total. The lowest BCUT2D eigenvalue weighted by Gasteiger charge is -2.08. The maximum atomic E-state index is 11.9. The van der Waals surface area contributed by atoms with Crippen molar-refractivity contribution in [3.63, 3.8) is 0 Å². The van der Waals surface area contributed by atoms with Gasteiger partial charge in [0, 0.05) is 5.69 Å². The minimum Gasteiger partial charge on any atom is -0.457 e. The third-order valence-electron chi connectivity index (χ3n) is 3.67. The van der Waals surface area contributed by atoms with Crippen molar-refractivity contribution in [1.29, 1.82) is 0 Å². The molecule has 0 radical (unpaired) electrons. The molecule has 0 saturated heterocycles. The van der Waals surface area contributed by atoms with Crippen LogP contribution in [0.4, 0.5) is 5.69 Å². The summed E-state index contributed by atoms with van der Waals surface area (Å²) in [6.45, 7) is -0.325. The van der Waals surface area contributed by atoms with Gasteiger partial charge >= 0.3 is 5.97 Å². The molecular formula is C22H19NO4. The number of hydrogen-bond donors (Lipinski definition) is 1. The molecule has 0 aromatic heterocycles. The predicted octanol–water partition coefficient (Wildman–Crippen LogP) is 4.20. The van der Waals surface area contributed by atoms with E-state index in [-0.39, 0.29) is 13.0 Å². The minimum absolute atomic E-state index is 0.139. The Morgan fingerprint density at radius 2 is 1.33 bits per heavy atom. The van der Waals surface area contributed by atoms with Gasteiger partial charge in [-0.05, 0) is 42.0 Å². The average Bonchev–Trinajstić information content (AvgIpc) is 2.70. The fourth-order valence-corrected chi connectivity index (χ4v) is 2.39. The molecule has 0 aliphatic rings. The molecule has 0 spiro atoms. The van der Waals surface area contributed by atoms with Gasteiger partial charge in [0.05, 0.1) is 6.42 Å². The van der Waals surface area contributed by atoms with Crippen molar-refractivity contribution < 1.29 is 19.1 Å². The molecule has 0 aliphatic heterocycles. The van der Waals surface area contributed by atoms with Crippen molar-refractivity contribution in [1.82, 2.24) is 0 Å². The number of esters is 1. The van der Waals surface area contributed by atoms with E-state index in [2.05, 4.69) is 5.32 Å². The normalized spacial score (nSPS) is 10.1. The lowest BCUT2D eigenvalue weighted by atomic mass is 10.2. The molecule has 136 valence electrons. The Balaban J connectivity index is 1.44. The Hall–Kier alpha value is -3.60. The molecule has 0 heterocycles. The number of para-hydroxylation sites is 1. The summed E-state index contributed by atoms with van der Waals surface area (Å²) in [5.74, 6) is 0.559. The molecule has 27 heavy (non-hydrogen) atoms. The molecule has 0 saturated carbocycles. The van der Waals surface area contributed by atoms with Crippen molar-refractivity contribution in [2.45, 2.75) is 6.42 Å². The van der Waals surface area contributed by atoms with Crippen molar-refractivity contribution in [3.8, 4) is 11.5 Å². The van der Waals surface area contributed by atoms with E-state index in [4.69, 9.17) is 9.47 Å². The molecule has 0 fully saturated rings. The summed E-state index contributed by atoms with van der Waals surface area (Å²) in [5, 5.41) is 2.68. The second-order valence-electron chi connectivity index (χ2n) is 5.81. The lowest BCUT2D eigenvalue weighted by molar-refractivity contribution is -0.146. The van der Waals surface area contributed by atoms with E-state index in [1.807, 2.05) is 60.7 Å². The fraction of sp³-hybridized carbons (Fsp3) is 0.0909. The molecule has 1 amide bonds. The number of nitrogens with one attached hydrogen (secondary N) is 1. The molecule has 0 unspecified atom stereocenters. The molecule has 0 aliphatic carbocycles. The van der Waals surface area contributed by atoms with Gasteiger partial charge in [0.25, 0.3) is 5.91 Å². The topological polar surface area (TPSA) is 64.6 Å². The van der Waals surface area contributed by atoms with E-state index in [1.165, 1.54) is 0 Å². The largest absolute Gasteiger partial charge is 0.457 e. The predicted molar refractivity (Wildman–Crippen MR) is 103 cm³/mol. The van der Waals surface area contributed by atoms with Gasteiger partial charge in [-0.15, -0.1) is 0 Å². The summed E-state index contributed by atoms with van der Waals surface area (Å²) < 4.78 is 10.7. The van der Waals surface area contributed by atoms with Gasteiger partial charge in [-0.25, -0.2) is 0 Å². The summed E-state index contributed by atoms with van der Waals surface area (Å²) in [4.78, 5) is 23.7. The first-order chi connectivity index (χ1) is 13.2. The zero-order valence-electron chi connectivity index (χ0n) is 14.6. The summed E-state index contributed by atoms with van der Waals surface area (Å²) in [6, 6.07) is 25.6. The highest BCUT2D eigenvalue weighted by molar-refractivity contribution is 5.92. The van der Waals surface area contributed by atoms with Crippen molar-refractivity contribution >= 4 is 17.6 Å². The first-order valence-electron chi connectivity index (χ1n) is 8.51. The number of carbonyl (C=O) groups is 2. The first kappa shape index (κ1) is 18.2. The summed E-state index contributed by atoms with van der Waals surface area (Å²) >= 11 is 0. The molecular weight excluding hydrogens is 342 g/mol. The van der Waals surface area contributed by atoms with E-state index in [1.54, 1.807) is 24.3 Å². The number of anilines is 1. The molecule has 3 rings (SSSR count). The molecule has 0 bridgehead atoms. The third-order valence-corrected chi connectivity index (χ3v) is 3.67. The molecule has 1 N–H and O–H groups in total.